The Labute approximate surface area is 106 Å². The molecule has 0 aliphatic rings. The largest absolute Gasteiger partial charge is 0.380 e. The van der Waals surface area contributed by atoms with Gasteiger partial charge in [-0.2, -0.15) is 0 Å². The number of nitrogens with one attached hydrogen (secondary N) is 1. The summed E-state index contributed by atoms with van der Waals surface area (Å²) in [5.74, 6) is 5.03. The van der Waals surface area contributed by atoms with Gasteiger partial charge in [-0.3, -0.25) is 11.3 Å². The number of ether oxygens (including phenoxy) is 1. The minimum Gasteiger partial charge on any atom is -0.380 e. The molecule has 1 atom stereocenters. The molecule has 0 aliphatic heterocycles. The highest BCUT2D eigenvalue weighted by atomic mass is 35.5. The Morgan fingerprint density at radius 2 is 2.29 bits per heavy atom. The van der Waals surface area contributed by atoms with Crippen LogP contribution in [-0.2, 0) is 11.2 Å². The summed E-state index contributed by atoms with van der Waals surface area (Å²) in [5, 5.41) is 0.132. The van der Waals surface area contributed by atoms with Gasteiger partial charge in [0.1, 0.15) is 5.82 Å². The van der Waals surface area contributed by atoms with Gasteiger partial charge in [-0.25, -0.2) is 4.39 Å². The van der Waals surface area contributed by atoms with Crippen molar-refractivity contribution < 1.29 is 9.13 Å². The summed E-state index contributed by atoms with van der Waals surface area (Å²) in [6, 6.07) is 4.67. The Kier molecular flexibility index (Phi) is 6.44. The SMILES string of the molecule is CCCOCC(Cc1ccc(F)c(Cl)c1)NN. The van der Waals surface area contributed by atoms with Gasteiger partial charge in [-0.05, 0) is 30.5 Å². The number of hydrogen-bond acceptors (Lipinski definition) is 3. The number of halogens is 2. The lowest BCUT2D eigenvalue weighted by atomic mass is 10.1. The van der Waals surface area contributed by atoms with E-state index in [0.29, 0.717) is 19.6 Å². The minimum atomic E-state index is -0.407. The fourth-order valence-electron chi connectivity index (χ4n) is 1.49. The number of hydrogen-bond donors (Lipinski definition) is 2. The van der Waals surface area contributed by atoms with Crippen LogP contribution in [0.3, 0.4) is 0 Å². The van der Waals surface area contributed by atoms with E-state index < -0.39 is 5.82 Å². The van der Waals surface area contributed by atoms with E-state index in [4.69, 9.17) is 22.2 Å². The van der Waals surface area contributed by atoms with E-state index in [1.54, 1.807) is 12.1 Å². The maximum atomic E-state index is 13.0. The fraction of sp³-hybridized carbons (Fsp3) is 0.500. The molecule has 0 aromatic heterocycles. The third-order valence-electron chi connectivity index (χ3n) is 2.37. The van der Waals surface area contributed by atoms with Gasteiger partial charge in [0.05, 0.1) is 11.6 Å². The van der Waals surface area contributed by atoms with Crippen molar-refractivity contribution >= 4 is 11.6 Å². The molecule has 0 saturated heterocycles. The van der Waals surface area contributed by atoms with E-state index in [0.717, 1.165) is 12.0 Å². The second kappa shape index (κ2) is 7.61. The molecule has 3 nitrogen and oxygen atoms in total. The molecule has 0 bridgehead atoms. The summed E-state index contributed by atoms with van der Waals surface area (Å²) in [6.07, 6.45) is 1.62. The van der Waals surface area contributed by atoms with Crippen molar-refractivity contribution in [2.45, 2.75) is 25.8 Å². The second-order valence-corrected chi connectivity index (χ2v) is 4.30. The summed E-state index contributed by atoms with van der Waals surface area (Å²) in [5.41, 5.74) is 3.61. The van der Waals surface area contributed by atoms with Gasteiger partial charge in [-0.1, -0.05) is 24.6 Å². The first-order valence-electron chi connectivity index (χ1n) is 5.65. The average molecular weight is 261 g/mol. The molecular formula is C12H18ClFN2O. The summed E-state index contributed by atoms with van der Waals surface area (Å²) in [4.78, 5) is 0. The molecule has 0 radical (unpaired) electrons. The molecule has 1 aromatic carbocycles. The molecule has 5 heteroatoms. The molecule has 1 unspecified atom stereocenters. The van der Waals surface area contributed by atoms with Crippen LogP contribution in [0.25, 0.3) is 0 Å². The normalized spacial score (nSPS) is 12.7. The first kappa shape index (κ1) is 14.4. The Balaban J connectivity index is 2.51. The van der Waals surface area contributed by atoms with Gasteiger partial charge in [0.25, 0.3) is 0 Å². The van der Waals surface area contributed by atoms with Crippen molar-refractivity contribution in [3.8, 4) is 0 Å². The highest BCUT2D eigenvalue weighted by Gasteiger charge is 2.09. The van der Waals surface area contributed by atoms with Crippen molar-refractivity contribution in [2.75, 3.05) is 13.2 Å². The van der Waals surface area contributed by atoms with Gasteiger partial charge in [-0.15, -0.1) is 0 Å². The van der Waals surface area contributed by atoms with Gasteiger partial charge in [0.15, 0.2) is 0 Å². The van der Waals surface area contributed by atoms with Gasteiger partial charge < -0.3 is 4.74 Å². The molecule has 96 valence electrons. The lowest BCUT2D eigenvalue weighted by Crippen LogP contribution is -2.40. The third-order valence-corrected chi connectivity index (χ3v) is 2.66. The monoisotopic (exact) mass is 260 g/mol. The molecule has 0 fully saturated rings. The van der Waals surface area contributed by atoms with Crippen LogP contribution in [0.15, 0.2) is 18.2 Å². The first-order valence-corrected chi connectivity index (χ1v) is 6.03. The zero-order chi connectivity index (χ0) is 12.7. The van der Waals surface area contributed by atoms with Crippen LogP contribution in [0.5, 0.6) is 0 Å². The lowest BCUT2D eigenvalue weighted by molar-refractivity contribution is 0.112. The molecule has 0 aliphatic carbocycles. The number of benzene rings is 1. The smallest absolute Gasteiger partial charge is 0.141 e. The van der Waals surface area contributed by atoms with Crippen LogP contribution in [0.4, 0.5) is 4.39 Å². The van der Waals surface area contributed by atoms with Crippen molar-refractivity contribution in [2.24, 2.45) is 5.84 Å². The van der Waals surface area contributed by atoms with Gasteiger partial charge in [0.2, 0.25) is 0 Å². The van der Waals surface area contributed by atoms with Crippen molar-refractivity contribution in [1.29, 1.82) is 0 Å². The zero-order valence-corrected chi connectivity index (χ0v) is 10.6. The highest BCUT2D eigenvalue weighted by Crippen LogP contribution is 2.17. The van der Waals surface area contributed by atoms with Crippen LogP contribution in [0.2, 0.25) is 5.02 Å². The molecule has 3 N–H and O–H groups in total. The van der Waals surface area contributed by atoms with Gasteiger partial charge in [0, 0.05) is 12.6 Å². The first-order chi connectivity index (χ1) is 8.17. The quantitative estimate of drug-likeness (QED) is 0.449. The van der Waals surface area contributed by atoms with Crippen molar-refractivity contribution in [3.05, 3.63) is 34.6 Å². The van der Waals surface area contributed by atoms with Crippen molar-refractivity contribution in [1.82, 2.24) is 5.43 Å². The van der Waals surface area contributed by atoms with E-state index in [1.165, 1.54) is 6.07 Å². The predicted octanol–water partition coefficient (Wildman–Crippen LogP) is 2.28. The zero-order valence-electron chi connectivity index (χ0n) is 9.88. The van der Waals surface area contributed by atoms with Crippen LogP contribution < -0.4 is 11.3 Å². The van der Waals surface area contributed by atoms with E-state index in [-0.39, 0.29) is 11.1 Å². The van der Waals surface area contributed by atoms with Crippen molar-refractivity contribution in [3.63, 3.8) is 0 Å². The Morgan fingerprint density at radius 1 is 1.53 bits per heavy atom. The molecule has 0 saturated carbocycles. The molecule has 17 heavy (non-hydrogen) atoms. The molecule has 1 rings (SSSR count). The molecule has 1 aromatic rings. The highest BCUT2D eigenvalue weighted by molar-refractivity contribution is 6.30. The third kappa shape index (κ3) is 5.00. The molecule has 0 spiro atoms. The fourth-order valence-corrected chi connectivity index (χ4v) is 1.69. The Hall–Kier alpha value is -0.680. The molecular weight excluding hydrogens is 243 g/mol. The average Bonchev–Trinajstić information content (AvgIpc) is 2.32. The Morgan fingerprint density at radius 3 is 2.88 bits per heavy atom. The van der Waals surface area contributed by atoms with Gasteiger partial charge >= 0.3 is 0 Å². The van der Waals surface area contributed by atoms with Crippen LogP contribution in [0.1, 0.15) is 18.9 Å². The molecule has 0 heterocycles. The van der Waals surface area contributed by atoms with E-state index in [1.807, 2.05) is 6.92 Å². The summed E-state index contributed by atoms with van der Waals surface area (Å²) < 4.78 is 18.4. The second-order valence-electron chi connectivity index (χ2n) is 3.89. The van der Waals surface area contributed by atoms with E-state index in [9.17, 15) is 4.39 Å². The minimum absolute atomic E-state index is 0.00285. The van der Waals surface area contributed by atoms with Crippen LogP contribution >= 0.6 is 11.6 Å². The number of hydrazine groups is 1. The standard InChI is InChI=1S/C12H18ClFN2O/c1-2-5-17-8-10(16-15)6-9-3-4-12(14)11(13)7-9/h3-4,7,10,16H,2,5-6,8,15H2,1H3. The van der Waals surface area contributed by atoms with E-state index >= 15 is 0 Å². The lowest BCUT2D eigenvalue weighted by Gasteiger charge is -2.16. The topological polar surface area (TPSA) is 47.3 Å². The van der Waals surface area contributed by atoms with Crippen LogP contribution in [0, 0.1) is 5.82 Å². The summed E-state index contributed by atoms with van der Waals surface area (Å²) in [6.45, 7) is 3.28. The Bertz CT molecular complexity index is 349. The number of nitrogens with two attached hydrogens (primary N) is 1. The van der Waals surface area contributed by atoms with Crippen LogP contribution in [-0.4, -0.2) is 19.3 Å². The van der Waals surface area contributed by atoms with E-state index in [2.05, 4.69) is 5.43 Å². The summed E-state index contributed by atoms with van der Waals surface area (Å²) in [7, 11) is 0. The molecule has 0 amide bonds. The maximum Gasteiger partial charge on any atom is 0.141 e. The predicted molar refractivity (Wildman–Crippen MR) is 67.3 cm³/mol. The summed E-state index contributed by atoms with van der Waals surface area (Å²) >= 11 is 5.71. The maximum absolute atomic E-state index is 13.0. The number of rotatable bonds is 7.